The Balaban J connectivity index is 3.10. The predicted molar refractivity (Wildman–Crippen MR) is 49.9 cm³/mol. The molecule has 0 fully saturated rings. The van der Waals surface area contributed by atoms with Crippen molar-refractivity contribution in [3.05, 3.63) is 22.2 Å². The van der Waals surface area contributed by atoms with Gasteiger partial charge in [-0.3, -0.25) is 10.1 Å². The Labute approximate surface area is 80.0 Å². The van der Waals surface area contributed by atoms with Crippen LogP contribution in [0.3, 0.4) is 0 Å². The fourth-order valence-corrected chi connectivity index (χ4v) is 0.895. The summed E-state index contributed by atoms with van der Waals surface area (Å²) >= 11 is 0. The third-order valence-corrected chi connectivity index (χ3v) is 1.47. The number of nitrogens with one attached hydrogen (secondary N) is 1. The van der Waals surface area contributed by atoms with Gasteiger partial charge < -0.3 is 10.2 Å². The summed E-state index contributed by atoms with van der Waals surface area (Å²) < 4.78 is 4.99. The van der Waals surface area contributed by atoms with Crippen LogP contribution in [0.1, 0.15) is 6.92 Å². The first-order chi connectivity index (χ1) is 6.69. The van der Waals surface area contributed by atoms with Crippen molar-refractivity contribution in [3.8, 4) is 5.88 Å². The second-order valence-corrected chi connectivity index (χ2v) is 2.36. The van der Waals surface area contributed by atoms with Gasteiger partial charge in [0.25, 0.3) is 5.88 Å². The number of hydrazine groups is 1. The number of nitrogens with zero attached hydrogens (tertiary/aromatic N) is 2. The molecule has 1 aromatic heterocycles. The van der Waals surface area contributed by atoms with Gasteiger partial charge in [0.1, 0.15) is 5.82 Å². The fraction of sp³-hybridized carbons (Fsp3) is 0.286. The molecule has 0 aliphatic carbocycles. The minimum absolute atomic E-state index is 0.0343. The summed E-state index contributed by atoms with van der Waals surface area (Å²) in [6.45, 7) is 2.02. The van der Waals surface area contributed by atoms with E-state index in [-0.39, 0.29) is 11.6 Å². The van der Waals surface area contributed by atoms with Crippen molar-refractivity contribution in [2.45, 2.75) is 6.92 Å². The van der Waals surface area contributed by atoms with Gasteiger partial charge in [-0.2, -0.15) is 4.98 Å². The number of rotatable bonds is 4. The molecular formula is C7H10N4O3. The topological polar surface area (TPSA) is 103 Å². The average Bonchev–Trinajstić information content (AvgIpc) is 2.17. The molecular weight excluding hydrogens is 188 g/mol. The average molecular weight is 198 g/mol. The number of pyridine rings is 1. The lowest BCUT2D eigenvalue weighted by molar-refractivity contribution is -0.386. The number of aromatic nitrogens is 1. The van der Waals surface area contributed by atoms with Crippen LogP contribution in [0.5, 0.6) is 5.88 Å². The molecule has 1 heterocycles. The molecule has 1 rings (SSSR count). The molecule has 0 saturated heterocycles. The first-order valence-corrected chi connectivity index (χ1v) is 3.94. The van der Waals surface area contributed by atoms with Crippen molar-refractivity contribution in [1.29, 1.82) is 0 Å². The highest BCUT2D eigenvalue weighted by molar-refractivity contribution is 5.48. The van der Waals surface area contributed by atoms with Crippen molar-refractivity contribution in [1.82, 2.24) is 4.98 Å². The minimum Gasteiger partial charge on any atom is -0.473 e. The van der Waals surface area contributed by atoms with Gasteiger partial charge in [-0.15, -0.1) is 0 Å². The van der Waals surface area contributed by atoms with E-state index in [1.807, 2.05) is 0 Å². The Morgan fingerprint density at radius 1 is 1.71 bits per heavy atom. The van der Waals surface area contributed by atoms with Gasteiger partial charge in [0.2, 0.25) is 0 Å². The lowest BCUT2D eigenvalue weighted by Crippen LogP contribution is -2.10. The second kappa shape index (κ2) is 4.38. The van der Waals surface area contributed by atoms with E-state index < -0.39 is 4.92 Å². The number of nitro groups is 1. The van der Waals surface area contributed by atoms with Crippen molar-refractivity contribution in [3.63, 3.8) is 0 Å². The van der Waals surface area contributed by atoms with E-state index in [2.05, 4.69) is 10.4 Å². The number of hydrogen-bond acceptors (Lipinski definition) is 6. The zero-order valence-corrected chi connectivity index (χ0v) is 7.56. The number of anilines is 1. The van der Waals surface area contributed by atoms with Crippen LogP contribution >= 0.6 is 0 Å². The summed E-state index contributed by atoms with van der Waals surface area (Å²) in [4.78, 5) is 13.8. The Bertz CT molecular complexity index is 342. The summed E-state index contributed by atoms with van der Waals surface area (Å²) in [5.74, 6) is 5.39. The van der Waals surface area contributed by atoms with Crippen molar-refractivity contribution < 1.29 is 9.66 Å². The molecule has 14 heavy (non-hydrogen) atoms. The van der Waals surface area contributed by atoms with Crippen molar-refractivity contribution in [2.75, 3.05) is 12.0 Å². The van der Waals surface area contributed by atoms with Crippen LogP contribution in [0.15, 0.2) is 12.1 Å². The Hall–Kier alpha value is -1.89. The molecule has 7 nitrogen and oxygen atoms in total. The quantitative estimate of drug-likeness (QED) is 0.418. The molecule has 0 aliphatic heterocycles. The third-order valence-electron chi connectivity index (χ3n) is 1.47. The van der Waals surface area contributed by atoms with Gasteiger partial charge in [-0.25, -0.2) is 5.84 Å². The maximum Gasteiger partial charge on any atom is 0.331 e. The zero-order valence-electron chi connectivity index (χ0n) is 7.56. The van der Waals surface area contributed by atoms with Crippen LogP contribution < -0.4 is 16.0 Å². The largest absolute Gasteiger partial charge is 0.473 e. The molecule has 0 atom stereocenters. The molecule has 1 aromatic rings. The molecule has 0 amide bonds. The van der Waals surface area contributed by atoms with Gasteiger partial charge in [-0.05, 0) is 13.0 Å². The molecule has 0 unspecified atom stereocenters. The zero-order chi connectivity index (χ0) is 10.6. The Morgan fingerprint density at radius 2 is 2.43 bits per heavy atom. The summed E-state index contributed by atoms with van der Waals surface area (Å²) in [5.41, 5.74) is 2.10. The molecule has 76 valence electrons. The summed E-state index contributed by atoms with van der Waals surface area (Å²) in [6.07, 6.45) is 0. The normalized spacial score (nSPS) is 9.57. The van der Waals surface area contributed by atoms with Crippen LogP contribution in [-0.4, -0.2) is 16.5 Å². The van der Waals surface area contributed by atoms with Crippen LogP contribution in [0.25, 0.3) is 0 Å². The van der Waals surface area contributed by atoms with Crippen LogP contribution in [0.4, 0.5) is 11.5 Å². The molecule has 7 heteroatoms. The molecule has 0 aromatic carbocycles. The second-order valence-electron chi connectivity index (χ2n) is 2.36. The predicted octanol–water partition coefficient (Wildman–Crippen LogP) is 0.674. The van der Waals surface area contributed by atoms with Gasteiger partial charge in [0, 0.05) is 6.07 Å². The van der Waals surface area contributed by atoms with Crippen molar-refractivity contribution in [2.24, 2.45) is 5.84 Å². The third kappa shape index (κ3) is 2.07. The number of nitrogen functional groups attached to an aromatic ring is 1. The summed E-state index contributed by atoms with van der Waals surface area (Å²) in [6, 6.07) is 2.69. The van der Waals surface area contributed by atoms with E-state index in [4.69, 9.17) is 10.6 Å². The van der Waals surface area contributed by atoms with Crippen LogP contribution in [-0.2, 0) is 0 Å². The standard InChI is InChI=1S/C7H10N4O3/c1-2-14-7-5(11(12)13)3-4-6(9-7)10-8/h3-4H,2,8H2,1H3,(H,9,10). The molecule has 0 bridgehead atoms. The van der Waals surface area contributed by atoms with Gasteiger partial charge in [0.05, 0.1) is 11.5 Å². The highest BCUT2D eigenvalue weighted by Crippen LogP contribution is 2.25. The molecule has 0 aliphatic rings. The highest BCUT2D eigenvalue weighted by atomic mass is 16.6. The molecule has 3 N–H and O–H groups in total. The molecule has 0 saturated carbocycles. The SMILES string of the molecule is CCOc1nc(NN)ccc1[N+](=O)[O-]. The Morgan fingerprint density at radius 3 is 2.93 bits per heavy atom. The van der Waals surface area contributed by atoms with E-state index in [1.54, 1.807) is 6.92 Å². The maximum atomic E-state index is 10.5. The lowest BCUT2D eigenvalue weighted by Gasteiger charge is -2.04. The van der Waals surface area contributed by atoms with Gasteiger partial charge in [-0.1, -0.05) is 0 Å². The Kier molecular flexibility index (Phi) is 3.19. The minimum atomic E-state index is -0.557. The lowest BCUT2D eigenvalue weighted by atomic mass is 10.4. The first-order valence-electron chi connectivity index (χ1n) is 3.94. The van der Waals surface area contributed by atoms with E-state index in [1.165, 1.54) is 12.1 Å². The van der Waals surface area contributed by atoms with E-state index in [0.29, 0.717) is 12.4 Å². The highest BCUT2D eigenvalue weighted by Gasteiger charge is 2.16. The number of ether oxygens (including phenoxy) is 1. The maximum absolute atomic E-state index is 10.5. The van der Waals surface area contributed by atoms with Crippen LogP contribution in [0, 0.1) is 10.1 Å². The first kappa shape index (κ1) is 10.2. The van der Waals surface area contributed by atoms with E-state index >= 15 is 0 Å². The summed E-state index contributed by atoms with van der Waals surface area (Å²) in [7, 11) is 0. The van der Waals surface area contributed by atoms with Crippen LogP contribution in [0.2, 0.25) is 0 Å². The fourth-order valence-electron chi connectivity index (χ4n) is 0.895. The van der Waals surface area contributed by atoms with Crippen molar-refractivity contribution >= 4 is 11.5 Å². The summed E-state index contributed by atoms with van der Waals surface area (Å²) in [5, 5.41) is 10.5. The van der Waals surface area contributed by atoms with E-state index in [0.717, 1.165) is 0 Å². The molecule has 0 spiro atoms. The number of hydrogen-bond donors (Lipinski definition) is 2. The van der Waals surface area contributed by atoms with E-state index in [9.17, 15) is 10.1 Å². The van der Waals surface area contributed by atoms with Gasteiger partial charge >= 0.3 is 5.69 Å². The smallest absolute Gasteiger partial charge is 0.331 e. The number of nitrogens with two attached hydrogens (primary N) is 1. The van der Waals surface area contributed by atoms with Gasteiger partial charge in [0.15, 0.2) is 0 Å². The monoisotopic (exact) mass is 198 g/mol. The molecule has 0 radical (unpaired) electrons.